The van der Waals surface area contributed by atoms with Crippen LogP contribution in [0.3, 0.4) is 0 Å². The minimum Gasteiger partial charge on any atom is -0.354 e. The molecule has 0 saturated carbocycles. The minimum atomic E-state index is -0.382. The molecule has 8 nitrogen and oxygen atoms in total. The standard InChI is InChI=1S/C21H24FN5O3/c1-2-26-10-3-4-16(26)12-23-17(28)9-11-27-13-24-20-18(21(27)29)19(25-30-20)14-5-7-15(22)8-6-14/h5-8,13,16H,2-4,9-12H2,1H3,(H,23,28). The molecule has 1 atom stereocenters. The number of halogens is 1. The van der Waals surface area contributed by atoms with Crippen LogP contribution < -0.4 is 10.9 Å². The number of amides is 1. The van der Waals surface area contributed by atoms with E-state index in [1.54, 1.807) is 0 Å². The molecule has 2 aromatic heterocycles. The average Bonchev–Trinajstić information content (AvgIpc) is 3.39. The molecule has 3 aromatic rings. The molecule has 1 fully saturated rings. The summed E-state index contributed by atoms with van der Waals surface area (Å²) in [5, 5.41) is 7.11. The SMILES string of the molecule is CCN1CCCC1CNC(=O)CCn1cnc2onc(-c3ccc(F)cc3)c2c1=O. The van der Waals surface area contributed by atoms with Gasteiger partial charge in [-0.15, -0.1) is 0 Å². The normalized spacial score (nSPS) is 16.9. The van der Waals surface area contributed by atoms with Crippen LogP contribution in [0.5, 0.6) is 0 Å². The number of likely N-dealkylation sites (N-methyl/N-ethyl adjacent to an activating group) is 1. The molecule has 1 amide bonds. The largest absolute Gasteiger partial charge is 0.354 e. The van der Waals surface area contributed by atoms with E-state index < -0.39 is 0 Å². The third-order valence-corrected chi connectivity index (χ3v) is 5.60. The van der Waals surface area contributed by atoms with Gasteiger partial charge in [0.2, 0.25) is 5.91 Å². The molecule has 0 spiro atoms. The molecular weight excluding hydrogens is 389 g/mol. The molecular formula is C21H24FN5O3. The van der Waals surface area contributed by atoms with Crippen molar-refractivity contribution in [2.24, 2.45) is 0 Å². The van der Waals surface area contributed by atoms with Crippen molar-refractivity contribution in [3.63, 3.8) is 0 Å². The highest BCUT2D eigenvalue weighted by molar-refractivity contribution is 5.88. The highest BCUT2D eigenvalue weighted by atomic mass is 19.1. The van der Waals surface area contributed by atoms with Crippen LogP contribution in [0.2, 0.25) is 0 Å². The van der Waals surface area contributed by atoms with Crippen molar-refractivity contribution < 1.29 is 13.7 Å². The Labute approximate surface area is 172 Å². The van der Waals surface area contributed by atoms with Crippen LogP contribution in [-0.4, -0.2) is 51.2 Å². The average molecular weight is 413 g/mol. The molecule has 1 aromatic carbocycles. The van der Waals surface area contributed by atoms with Crippen LogP contribution in [0.1, 0.15) is 26.2 Å². The number of hydrogen-bond acceptors (Lipinski definition) is 6. The number of nitrogens with one attached hydrogen (secondary N) is 1. The summed E-state index contributed by atoms with van der Waals surface area (Å²) in [4.78, 5) is 31.7. The van der Waals surface area contributed by atoms with Gasteiger partial charge in [-0.25, -0.2) is 9.37 Å². The quantitative estimate of drug-likeness (QED) is 0.638. The van der Waals surface area contributed by atoms with Gasteiger partial charge in [-0.1, -0.05) is 12.1 Å². The fourth-order valence-electron chi connectivity index (χ4n) is 3.93. The Morgan fingerprint density at radius 3 is 2.90 bits per heavy atom. The molecule has 0 bridgehead atoms. The molecule has 4 rings (SSSR count). The first-order valence-corrected chi connectivity index (χ1v) is 10.2. The number of hydrogen-bond donors (Lipinski definition) is 1. The van der Waals surface area contributed by atoms with Crippen molar-refractivity contribution in [2.45, 2.75) is 38.8 Å². The Kier molecular flexibility index (Phi) is 5.89. The second kappa shape index (κ2) is 8.74. The Morgan fingerprint density at radius 2 is 2.13 bits per heavy atom. The first kappa shape index (κ1) is 20.2. The minimum absolute atomic E-state index is 0.103. The highest BCUT2D eigenvalue weighted by Gasteiger charge is 2.23. The predicted molar refractivity (Wildman–Crippen MR) is 109 cm³/mol. The van der Waals surface area contributed by atoms with Crippen molar-refractivity contribution in [3.05, 3.63) is 46.8 Å². The van der Waals surface area contributed by atoms with E-state index in [2.05, 4.69) is 27.3 Å². The third-order valence-electron chi connectivity index (χ3n) is 5.60. The van der Waals surface area contributed by atoms with E-state index >= 15 is 0 Å². The maximum absolute atomic E-state index is 13.2. The van der Waals surface area contributed by atoms with Crippen LogP contribution in [0.4, 0.5) is 4.39 Å². The smallest absolute Gasteiger partial charge is 0.266 e. The van der Waals surface area contributed by atoms with Crippen molar-refractivity contribution in [2.75, 3.05) is 19.6 Å². The van der Waals surface area contributed by atoms with Crippen molar-refractivity contribution in [1.82, 2.24) is 24.9 Å². The van der Waals surface area contributed by atoms with Crippen LogP contribution in [0, 0.1) is 5.82 Å². The van der Waals surface area contributed by atoms with E-state index in [4.69, 9.17) is 4.52 Å². The fraction of sp³-hybridized carbons (Fsp3) is 0.429. The van der Waals surface area contributed by atoms with Crippen LogP contribution in [-0.2, 0) is 11.3 Å². The molecule has 158 valence electrons. The van der Waals surface area contributed by atoms with Crippen LogP contribution in [0.25, 0.3) is 22.4 Å². The van der Waals surface area contributed by atoms with Crippen molar-refractivity contribution in [3.8, 4) is 11.3 Å². The monoisotopic (exact) mass is 413 g/mol. The summed E-state index contributed by atoms with van der Waals surface area (Å²) in [5.74, 6) is -0.484. The number of likely N-dealkylation sites (tertiary alicyclic amines) is 1. The molecule has 1 unspecified atom stereocenters. The van der Waals surface area contributed by atoms with E-state index in [-0.39, 0.29) is 41.3 Å². The van der Waals surface area contributed by atoms with Gasteiger partial charge in [0.25, 0.3) is 11.3 Å². The maximum Gasteiger partial charge on any atom is 0.266 e. The molecule has 0 aliphatic carbocycles. The Morgan fingerprint density at radius 1 is 1.33 bits per heavy atom. The summed E-state index contributed by atoms with van der Waals surface area (Å²) in [6, 6.07) is 6.02. The van der Waals surface area contributed by atoms with Gasteiger partial charge in [0, 0.05) is 31.1 Å². The number of fused-ring (bicyclic) bond motifs is 1. The lowest BCUT2D eigenvalue weighted by molar-refractivity contribution is -0.121. The van der Waals surface area contributed by atoms with Crippen LogP contribution in [0.15, 0.2) is 39.9 Å². The van der Waals surface area contributed by atoms with Crippen molar-refractivity contribution >= 4 is 17.0 Å². The summed E-state index contributed by atoms with van der Waals surface area (Å²) in [6.07, 6.45) is 3.77. The van der Waals surface area contributed by atoms with Gasteiger partial charge >= 0.3 is 0 Å². The van der Waals surface area contributed by atoms with Gasteiger partial charge in [-0.3, -0.25) is 19.1 Å². The second-order valence-corrected chi connectivity index (χ2v) is 7.44. The zero-order chi connectivity index (χ0) is 21.1. The number of rotatable bonds is 7. The molecule has 1 saturated heterocycles. The topological polar surface area (TPSA) is 93.3 Å². The van der Waals surface area contributed by atoms with E-state index in [1.165, 1.54) is 35.2 Å². The second-order valence-electron chi connectivity index (χ2n) is 7.44. The van der Waals surface area contributed by atoms with Crippen LogP contribution >= 0.6 is 0 Å². The first-order valence-electron chi connectivity index (χ1n) is 10.2. The van der Waals surface area contributed by atoms with Gasteiger partial charge in [-0.05, 0) is 50.2 Å². The Hall–Kier alpha value is -3.07. The zero-order valence-electron chi connectivity index (χ0n) is 16.8. The summed E-state index contributed by atoms with van der Waals surface area (Å²) in [5.41, 5.74) is 0.631. The van der Waals surface area contributed by atoms with Gasteiger partial charge in [0.05, 0.1) is 0 Å². The summed E-state index contributed by atoms with van der Waals surface area (Å²) < 4.78 is 19.7. The lowest BCUT2D eigenvalue weighted by Gasteiger charge is -2.22. The Balaban J connectivity index is 1.45. The molecule has 1 N–H and O–H groups in total. The lowest BCUT2D eigenvalue weighted by Crippen LogP contribution is -2.40. The Bertz CT molecular complexity index is 1090. The predicted octanol–water partition coefficient (Wildman–Crippen LogP) is 2.18. The van der Waals surface area contributed by atoms with Gasteiger partial charge in [-0.2, -0.15) is 0 Å². The molecule has 0 radical (unpaired) electrons. The van der Waals surface area contributed by atoms with Gasteiger partial charge in [0.15, 0.2) is 0 Å². The number of aromatic nitrogens is 3. The number of benzene rings is 1. The number of carbonyl (C=O) groups excluding carboxylic acids is 1. The lowest BCUT2D eigenvalue weighted by atomic mass is 10.1. The number of carbonyl (C=O) groups is 1. The zero-order valence-corrected chi connectivity index (χ0v) is 16.8. The fourth-order valence-corrected chi connectivity index (χ4v) is 3.93. The third kappa shape index (κ3) is 4.11. The van der Waals surface area contributed by atoms with Crippen molar-refractivity contribution in [1.29, 1.82) is 0 Å². The van der Waals surface area contributed by atoms with Gasteiger partial charge in [0.1, 0.15) is 23.2 Å². The molecule has 30 heavy (non-hydrogen) atoms. The van der Waals surface area contributed by atoms with E-state index in [1.807, 2.05) is 0 Å². The summed E-state index contributed by atoms with van der Waals surface area (Å²) in [7, 11) is 0. The highest BCUT2D eigenvalue weighted by Crippen LogP contribution is 2.24. The maximum atomic E-state index is 13.2. The van der Waals surface area contributed by atoms with E-state index in [0.717, 1.165) is 25.9 Å². The van der Waals surface area contributed by atoms with E-state index in [0.29, 0.717) is 23.8 Å². The van der Waals surface area contributed by atoms with Gasteiger partial charge < -0.3 is 9.84 Å². The first-order chi connectivity index (χ1) is 14.6. The molecule has 1 aliphatic rings. The number of aryl methyl sites for hydroxylation is 1. The molecule has 1 aliphatic heterocycles. The molecule has 9 heteroatoms. The molecule has 3 heterocycles. The summed E-state index contributed by atoms with van der Waals surface area (Å²) >= 11 is 0. The number of nitrogens with zero attached hydrogens (tertiary/aromatic N) is 4. The van der Waals surface area contributed by atoms with E-state index in [9.17, 15) is 14.0 Å². The summed E-state index contributed by atoms with van der Waals surface area (Å²) in [6.45, 7) is 5.01.